The fourth-order valence-corrected chi connectivity index (χ4v) is 5.94. The molecular formula is C22H25N5O3S2. The summed E-state index contributed by atoms with van der Waals surface area (Å²) in [6.45, 7) is 5.29. The molecule has 4 heterocycles. The van der Waals surface area contributed by atoms with Crippen LogP contribution in [0.15, 0.2) is 47.8 Å². The molecule has 1 amide bonds. The van der Waals surface area contributed by atoms with Crippen molar-refractivity contribution >= 4 is 39.0 Å². The second-order valence-corrected chi connectivity index (χ2v) is 10.7. The molecule has 0 spiro atoms. The molecule has 0 aliphatic rings. The van der Waals surface area contributed by atoms with E-state index in [2.05, 4.69) is 33.0 Å². The van der Waals surface area contributed by atoms with Gasteiger partial charge in [0, 0.05) is 42.9 Å². The molecule has 4 aromatic heterocycles. The van der Waals surface area contributed by atoms with Crippen molar-refractivity contribution in [1.29, 1.82) is 0 Å². The Hall–Kier alpha value is -2.85. The van der Waals surface area contributed by atoms with Gasteiger partial charge in [-0.3, -0.25) is 9.52 Å². The highest BCUT2D eigenvalue weighted by Crippen LogP contribution is 2.27. The number of amides is 1. The van der Waals surface area contributed by atoms with Crippen LogP contribution >= 0.6 is 11.8 Å². The molecule has 4 rings (SSSR count). The lowest BCUT2D eigenvalue weighted by molar-refractivity contribution is -0.117. The third-order valence-electron chi connectivity index (χ3n) is 5.07. The molecule has 168 valence electrons. The number of carbonyl (C=O) groups is 1. The van der Waals surface area contributed by atoms with Crippen molar-refractivity contribution in [3.05, 3.63) is 65.4 Å². The SMILES string of the molecule is CC(=O)NS(=O)(=O)CCCSc1nc2ccc(C)cn2c1Cc1cnc2cccc(C)n12. The second kappa shape index (κ2) is 8.95. The van der Waals surface area contributed by atoms with Crippen LogP contribution in [0.5, 0.6) is 0 Å². The maximum absolute atomic E-state index is 11.9. The highest BCUT2D eigenvalue weighted by Gasteiger charge is 2.17. The number of aromatic nitrogens is 4. The van der Waals surface area contributed by atoms with E-state index < -0.39 is 15.9 Å². The Morgan fingerprint density at radius 3 is 2.75 bits per heavy atom. The van der Waals surface area contributed by atoms with Gasteiger partial charge in [0.1, 0.15) is 16.3 Å². The average Bonchev–Trinajstić information content (AvgIpc) is 3.27. The van der Waals surface area contributed by atoms with Crippen molar-refractivity contribution in [3.8, 4) is 0 Å². The lowest BCUT2D eigenvalue weighted by atomic mass is 10.2. The lowest BCUT2D eigenvalue weighted by Gasteiger charge is -2.08. The van der Waals surface area contributed by atoms with Crippen LogP contribution in [-0.2, 0) is 21.2 Å². The Morgan fingerprint density at radius 1 is 1.16 bits per heavy atom. The minimum atomic E-state index is -3.60. The molecule has 0 saturated carbocycles. The molecule has 4 aromatic rings. The molecule has 0 saturated heterocycles. The van der Waals surface area contributed by atoms with Crippen molar-refractivity contribution in [1.82, 2.24) is 23.5 Å². The van der Waals surface area contributed by atoms with E-state index in [4.69, 9.17) is 4.98 Å². The molecule has 8 nitrogen and oxygen atoms in total. The van der Waals surface area contributed by atoms with Gasteiger partial charge < -0.3 is 8.80 Å². The summed E-state index contributed by atoms with van der Waals surface area (Å²) in [4.78, 5) is 20.4. The average molecular weight is 472 g/mol. The Kier molecular flexibility index (Phi) is 6.25. The molecule has 0 fully saturated rings. The van der Waals surface area contributed by atoms with Gasteiger partial charge in [0.25, 0.3) is 0 Å². The number of aryl methyl sites for hydroxylation is 2. The predicted molar refractivity (Wildman–Crippen MR) is 126 cm³/mol. The van der Waals surface area contributed by atoms with Crippen molar-refractivity contribution < 1.29 is 13.2 Å². The predicted octanol–water partition coefficient (Wildman–Crippen LogP) is 3.14. The molecule has 0 aliphatic heterocycles. The molecule has 0 aromatic carbocycles. The smallest absolute Gasteiger partial charge is 0.234 e. The number of hydrogen-bond acceptors (Lipinski definition) is 6. The van der Waals surface area contributed by atoms with Crippen LogP contribution in [0.3, 0.4) is 0 Å². The van der Waals surface area contributed by atoms with E-state index in [-0.39, 0.29) is 5.75 Å². The van der Waals surface area contributed by atoms with Crippen LogP contribution in [0.2, 0.25) is 0 Å². The third kappa shape index (κ3) is 4.81. The Labute approximate surface area is 191 Å². The monoisotopic (exact) mass is 471 g/mol. The molecule has 0 radical (unpaired) electrons. The largest absolute Gasteiger partial charge is 0.302 e. The number of hydrogen-bond donors (Lipinski definition) is 1. The lowest BCUT2D eigenvalue weighted by Crippen LogP contribution is -2.30. The highest BCUT2D eigenvalue weighted by molar-refractivity contribution is 7.99. The Morgan fingerprint density at radius 2 is 1.97 bits per heavy atom. The zero-order chi connectivity index (χ0) is 22.9. The van der Waals surface area contributed by atoms with E-state index in [0.29, 0.717) is 18.6 Å². The number of thioether (sulfide) groups is 1. The van der Waals surface area contributed by atoms with Gasteiger partial charge in [-0.2, -0.15) is 0 Å². The van der Waals surface area contributed by atoms with E-state index in [1.54, 1.807) is 0 Å². The van der Waals surface area contributed by atoms with Gasteiger partial charge in [-0.25, -0.2) is 18.4 Å². The fourth-order valence-electron chi connectivity index (χ4n) is 3.71. The summed E-state index contributed by atoms with van der Waals surface area (Å²) in [6, 6.07) is 10.1. The van der Waals surface area contributed by atoms with Crippen LogP contribution in [0, 0.1) is 13.8 Å². The number of rotatable bonds is 8. The van der Waals surface area contributed by atoms with E-state index >= 15 is 0 Å². The first-order valence-corrected chi connectivity index (χ1v) is 12.9. The molecule has 1 N–H and O–H groups in total. The molecule has 0 unspecified atom stereocenters. The van der Waals surface area contributed by atoms with Crippen LogP contribution in [0.25, 0.3) is 11.3 Å². The first-order chi connectivity index (χ1) is 15.2. The van der Waals surface area contributed by atoms with Gasteiger partial charge in [0.15, 0.2) is 0 Å². The molecule has 0 aliphatic carbocycles. The quantitative estimate of drug-likeness (QED) is 0.313. The third-order valence-corrected chi connectivity index (χ3v) is 7.59. The Bertz CT molecular complexity index is 1410. The number of fused-ring (bicyclic) bond motifs is 2. The van der Waals surface area contributed by atoms with Crippen molar-refractivity contribution in [2.24, 2.45) is 0 Å². The van der Waals surface area contributed by atoms with Crippen molar-refractivity contribution in [2.75, 3.05) is 11.5 Å². The van der Waals surface area contributed by atoms with Gasteiger partial charge in [-0.05, 0) is 44.0 Å². The van der Waals surface area contributed by atoms with E-state index in [0.717, 1.165) is 39.0 Å². The van der Waals surface area contributed by atoms with Crippen LogP contribution in [-0.4, -0.2) is 44.6 Å². The summed E-state index contributed by atoms with van der Waals surface area (Å²) in [5.74, 6) is -0.103. The second-order valence-electron chi connectivity index (χ2n) is 7.76. The fraction of sp³-hybridized carbons (Fsp3) is 0.318. The van der Waals surface area contributed by atoms with Gasteiger partial charge in [0.05, 0.1) is 11.4 Å². The van der Waals surface area contributed by atoms with Gasteiger partial charge in [-0.15, -0.1) is 11.8 Å². The summed E-state index contributed by atoms with van der Waals surface area (Å²) in [5.41, 5.74) is 6.10. The number of nitrogens with one attached hydrogen (secondary N) is 1. The zero-order valence-corrected chi connectivity index (χ0v) is 19.8. The zero-order valence-electron chi connectivity index (χ0n) is 18.2. The van der Waals surface area contributed by atoms with E-state index in [1.165, 1.54) is 18.7 Å². The summed E-state index contributed by atoms with van der Waals surface area (Å²) in [5, 5.41) is 0.871. The number of pyridine rings is 2. The molecule has 0 atom stereocenters. The van der Waals surface area contributed by atoms with Gasteiger partial charge in [0.2, 0.25) is 15.9 Å². The standard InChI is InChI=1S/C22H25N5O3S2/c1-15-8-9-21-24-22(31-10-5-11-32(29,30)25-17(3)28)19(26(21)14-15)12-18-13-23-20-7-4-6-16(2)27(18)20/h4,6-9,13-14H,5,10-12H2,1-3H3,(H,25,28). The van der Waals surface area contributed by atoms with E-state index in [9.17, 15) is 13.2 Å². The number of sulfonamides is 1. The minimum absolute atomic E-state index is 0.103. The highest BCUT2D eigenvalue weighted by atomic mass is 32.2. The molecular weight excluding hydrogens is 446 g/mol. The van der Waals surface area contributed by atoms with Crippen LogP contribution in [0.1, 0.15) is 36.0 Å². The first kappa shape index (κ1) is 22.3. The topological polar surface area (TPSA) is 97.8 Å². The molecule has 32 heavy (non-hydrogen) atoms. The van der Waals surface area contributed by atoms with Gasteiger partial charge >= 0.3 is 0 Å². The van der Waals surface area contributed by atoms with Gasteiger partial charge in [-0.1, -0.05) is 12.1 Å². The summed E-state index contributed by atoms with van der Waals surface area (Å²) in [7, 11) is -3.60. The van der Waals surface area contributed by atoms with Crippen LogP contribution in [0.4, 0.5) is 0 Å². The number of nitrogens with zero attached hydrogens (tertiary/aromatic N) is 4. The summed E-state index contributed by atoms with van der Waals surface area (Å²) < 4.78 is 30.0. The maximum Gasteiger partial charge on any atom is 0.234 e. The van der Waals surface area contributed by atoms with E-state index in [1.807, 2.05) is 42.1 Å². The number of imidazole rings is 2. The molecule has 10 heteroatoms. The summed E-state index contributed by atoms with van der Waals surface area (Å²) in [6.07, 6.45) is 5.02. The van der Waals surface area contributed by atoms with Crippen molar-refractivity contribution in [3.63, 3.8) is 0 Å². The normalized spacial score (nSPS) is 12.0. The maximum atomic E-state index is 11.9. The minimum Gasteiger partial charge on any atom is -0.302 e. The van der Waals surface area contributed by atoms with Crippen molar-refractivity contribution in [2.45, 2.75) is 38.6 Å². The Balaban J connectivity index is 1.60. The summed E-state index contributed by atoms with van der Waals surface area (Å²) >= 11 is 1.53. The number of carbonyl (C=O) groups excluding carboxylic acids is 1. The van der Waals surface area contributed by atoms with Crippen LogP contribution < -0.4 is 4.72 Å². The molecule has 0 bridgehead atoms. The first-order valence-electron chi connectivity index (χ1n) is 10.3.